The summed E-state index contributed by atoms with van der Waals surface area (Å²) >= 11 is 0. The van der Waals surface area contributed by atoms with E-state index < -0.39 is 5.97 Å². The lowest BCUT2D eigenvalue weighted by atomic mass is 10.1. The fourth-order valence-corrected chi connectivity index (χ4v) is 2.85. The molecule has 0 aliphatic heterocycles. The number of aromatic nitrogens is 3. The van der Waals surface area contributed by atoms with E-state index in [2.05, 4.69) is 20.3 Å². The van der Waals surface area contributed by atoms with Gasteiger partial charge in [0.15, 0.2) is 0 Å². The molecule has 3 aromatic rings. The second-order valence-electron chi connectivity index (χ2n) is 6.60. The lowest BCUT2D eigenvalue weighted by Gasteiger charge is -2.08. The van der Waals surface area contributed by atoms with Crippen molar-refractivity contribution in [3.8, 4) is 11.3 Å². The zero-order valence-corrected chi connectivity index (χ0v) is 16.6. The molecule has 0 saturated carbocycles. The van der Waals surface area contributed by atoms with E-state index in [0.29, 0.717) is 34.5 Å². The minimum atomic E-state index is -0.440. The second kappa shape index (κ2) is 9.11. The molecule has 8 nitrogen and oxygen atoms in total. The maximum atomic E-state index is 12.3. The van der Waals surface area contributed by atoms with Crippen LogP contribution in [0, 0.1) is 0 Å². The molecule has 0 radical (unpaired) electrons. The summed E-state index contributed by atoms with van der Waals surface area (Å²) in [4.78, 5) is 37.9. The molecule has 0 bridgehead atoms. The summed E-state index contributed by atoms with van der Waals surface area (Å²) in [5.41, 5.74) is 2.87. The largest absolute Gasteiger partial charge is 0.462 e. The fraction of sp³-hybridized carbons (Fsp3) is 0.238. The molecule has 0 spiro atoms. The van der Waals surface area contributed by atoms with Gasteiger partial charge >= 0.3 is 5.97 Å². The first-order chi connectivity index (χ1) is 14.0. The maximum Gasteiger partial charge on any atom is 0.340 e. The normalized spacial score (nSPS) is 11.3. The Balaban J connectivity index is 1.92. The highest BCUT2D eigenvalue weighted by Gasteiger charge is 2.19. The zero-order chi connectivity index (χ0) is 20.8. The summed E-state index contributed by atoms with van der Waals surface area (Å²) in [7, 11) is 3.86. The first-order valence-electron chi connectivity index (χ1n) is 9.21. The van der Waals surface area contributed by atoms with E-state index in [9.17, 15) is 9.59 Å². The summed E-state index contributed by atoms with van der Waals surface area (Å²) < 4.78 is 5.13. The van der Waals surface area contributed by atoms with Gasteiger partial charge in [0.2, 0.25) is 5.91 Å². The maximum absolute atomic E-state index is 12.3. The number of nitrogens with one attached hydrogen (secondary N) is 2. The van der Waals surface area contributed by atoms with E-state index >= 15 is 0 Å². The van der Waals surface area contributed by atoms with Crippen molar-refractivity contribution in [3.63, 3.8) is 0 Å². The molecule has 0 aliphatic rings. The Kier molecular flexibility index (Phi) is 6.36. The lowest BCUT2D eigenvalue weighted by Crippen LogP contribution is -2.12. The zero-order valence-electron chi connectivity index (χ0n) is 16.6. The average Bonchev–Trinajstić information content (AvgIpc) is 3.12. The second-order valence-corrected chi connectivity index (χ2v) is 6.60. The third-order valence-electron chi connectivity index (χ3n) is 4.11. The minimum absolute atomic E-state index is 0.217. The molecule has 0 fully saturated rings. The van der Waals surface area contributed by atoms with Crippen LogP contribution in [0.2, 0.25) is 0 Å². The number of nitrogens with zero attached hydrogens (tertiary/aromatic N) is 3. The van der Waals surface area contributed by atoms with Crippen molar-refractivity contribution in [1.82, 2.24) is 19.9 Å². The Morgan fingerprint density at radius 2 is 2.10 bits per heavy atom. The van der Waals surface area contributed by atoms with Gasteiger partial charge in [0, 0.05) is 30.1 Å². The van der Waals surface area contributed by atoms with Crippen LogP contribution in [-0.2, 0) is 9.53 Å². The van der Waals surface area contributed by atoms with Crippen LogP contribution in [0.25, 0.3) is 22.3 Å². The number of aromatic amines is 1. The Labute approximate surface area is 168 Å². The van der Waals surface area contributed by atoms with Crippen LogP contribution in [-0.4, -0.2) is 59.0 Å². The number of amides is 1. The summed E-state index contributed by atoms with van der Waals surface area (Å²) in [5.74, 6) is -0.657. The number of carbonyl (C=O) groups excluding carboxylic acids is 2. The van der Waals surface area contributed by atoms with Crippen LogP contribution in [0.15, 0.2) is 48.9 Å². The summed E-state index contributed by atoms with van der Waals surface area (Å²) in [5, 5.41) is 3.42. The fourth-order valence-electron chi connectivity index (χ4n) is 2.85. The topological polar surface area (TPSA) is 100 Å². The quantitative estimate of drug-likeness (QED) is 0.473. The predicted octanol–water partition coefficient (Wildman–Crippen LogP) is 2.86. The van der Waals surface area contributed by atoms with E-state index in [1.165, 1.54) is 12.4 Å². The van der Waals surface area contributed by atoms with Crippen molar-refractivity contribution < 1.29 is 14.3 Å². The number of rotatable bonds is 7. The van der Waals surface area contributed by atoms with Gasteiger partial charge in [0.1, 0.15) is 12.0 Å². The van der Waals surface area contributed by atoms with Crippen molar-refractivity contribution in [2.24, 2.45) is 0 Å². The average molecular weight is 393 g/mol. The van der Waals surface area contributed by atoms with Gasteiger partial charge in [-0.2, -0.15) is 0 Å². The number of esters is 1. The van der Waals surface area contributed by atoms with Gasteiger partial charge in [-0.15, -0.1) is 0 Å². The van der Waals surface area contributed by atoms with Gasteiger partial charge in [-0.1, -0.05) is 18.2 Å². The third kappa shape index (κ3) is 4.85. The van der Waals surface area contributed by atoms with E-state index in [0.717, 1.165) is 5.56 Å². The number of likely N-dealkylation sites (N-methyl/N-ethyl adjacent to an activating group) is 1. The smallest absolute Gasteiger partial charge is 0.340 e. The highest BCUT2D eigenvalue weighted by molar-refractivity contribution is 6.08. The number of ether oxygens (including phenoxy) is 1. The Morgan fingerprint density at radius 3 is 2.86 bits per heavy atom. The molecule has 0 atom stereocenters. The number of H-pyrrole nitrogens is 1. The van der Waals surface area contributed by atoms with E-state index in [-0.39, 0.29) is 12.5 Å². The number of anilines is 1. The molecule has 29 heavy (non-hydrogen) atoms. The van der Waals surface area contributed by atoms with Gasteiger partial charge < -0.3 is 19.9 Å². The number of hydrogen-bond donors (Lipinski definition) is 2. The van der Waals surface area contributed by atoms with Crippen LogP contribution in [0.5, 0.6) is 0 Å². The van der Waals surface area contributed by atoms with Crippen LogP contribution in [0.3, 0.4) is 0 Å². The van der Waals surface area contributed by atoms with E-state index in [4.69, 9.17) is 4.74 Å². The molecular formula is C21H23N5O3. The van der Waals surface area contributed by atoms with Gasteiger partial charge in [-0.3, -0.25) is 4.79 Å². The first kappa shape index (κ1) is 20.2. The van der Waals surface area contributed by atoms with Crippen molar-refractivity contribution in [2.45, 2.75) is 6.92 Å². The Bertz CT molecular complexity index is 1060. The van der Waals surface area contributed by atoms with Gasteiger partial charge in [0.05, 0.1) is 23.3 Å². The van der Waals surface area contributed by atoms with Crippen LogP contribution in [0.4, 0.5) is 5.69 Å². The number of fused-ring (bicyclic) bond motifs is 1. The van der Waals surface area contributed by atoms with Crippen LogP contribution in [0.1, 0.15) is 17.3 Å². The summed E-state index contributed by atoms with van der Waals surface area (Å²) in [6, 6.07) is 7.28. The highest BCUT2D eigenvalue weighted by atomic mass is 16.5. The monoisotopic (exact) mass is 393 g/mol. The molecule has 1 aromatic carbocycles. The number of benzene rings is 1. The SMILES string of the molecule is CCOC(=O)c1c[nH]c2ncnc(-c3cccc(NC(=O)C=CCN(C)C)c3)c12. The summed E-state index contributed by atoms with van der Waals surface area (Å²) in [6.45, 7) is 2.71. The standard InChI is InChI=1S/C21H23N5O3/c1-4-29-21(28)16-12-22-20-18(16)19(23-13-24-20)14-7-5-8-15(11-14)25-17(27)9-6-10-26(2)3/h5-9,11-13H,4,10H2,1-3H3,(H,25,27)(H,22,23,24). The number of hydrogen-bond acceptors (Lipinski definition) is 6. The predicted molar refractivity (Wildman–Crippen MR) is 112 cm³/mol. The van der Waals surface area contributed by atoms with Gasteiger partial charge in [0.25, 0.3) is 0 Å². The van der Waals surface area contributed by atoms with Gasteiger partial charge in [-0.25, -0.2) is 14.8 Å². The third-order valence-corrected chi connectivity index (χ3v) is 4.11. The van der Waals surface area contributed by atoms with Crippen LogP contribution >= 0.6 is 0 Å². The van der Waals surface area contributed by atoms with Gasteiger partial charge in [-0.05, 0) is 33.2 Å². The number of carbonyl (C=O) groups is 2. The van der Waals surface area contributed by atoms with Crippen molar-refractivity contribution >= 4 is 28.6 Å². The van der Waals surface area contributed by atoms with Crippen molar-refractivity contribution in [3.05, 3.63) is 54.5 Å². The Hall–Kier alpha value is -3.52. The molecule has 2 N–H and O–H groups in total. The minimum Gasteiger partial charge on any atom is -0.462 e. The van der Waals surface area contributed by atoms with E-state index in [1.54, 1.807) is 31.3 Å². The van der Waals surface area contributed by atoms with Crippen LogP contribution < -0.4 is 5.32 Å². The molecule has 2 heterocycles. The molecule has 0 unspecified atom stereocenters. The van der Waals surface area contributed by atoms with E-state index in [1.807, 2.05) is 31.1 Å². The molecular weight excluding hydrogens is 370 g/mol. The summed E-state index contributed by atoms with van der Waals surface area (Å²) in [6.07, 6.45) is 6.29. The molecule has 150 valence electrons. The molecule has 3 rings (SSSR count). The highest BCUT2D eigenvalue weighted by Crippen LogP contribution is 2.30. The molecule has 2 aromatic heterocycles. The molecule has 1 amide bonds. The molecule has 8 heteroatoms. The lowest BCUT2D eigenvalue weighted by molar-refractivity contribution is -0.111. The molecule has 0 saturated heterocycles. The molecule has 0 aliphatic carbocycles. The van der Waals surface area contributed by atoms with Crippen molar-refractivity contribution in [2.75, 3.05) is 32.6 Å². The Morgan fingerprint density at radius 1 is 1.28 bits per heavy atom. The van der Waals surface area contributed by atoms with Crippen molar-refractivity contribution in [1.29, 1.82) is 0 Å². The first-order valence-corrected chi connectivity index (χ1v) is 9.21.